The number of hydrogen-bond acceptors (Lipinski definition) is 11. The Morgan fingerprint density at radius 3 is 1.98 bits per heavy atom. The number of likely N-dealkylation sites (tertiary alicyclic amines) is 1. The van der Waals surface area contributed by atoms with Crippen molar-refractivity contribution >= 4 is 41.5 Å². The van der Waals surface area contributed by atoms with Gasteiger partial charge in [0.25, 0.3) is 0 Å². The monoisotopic (exact) mass is 671 g/mol. The minimum Gasteiger partial charge on any atom is -0.481 e. The van der Waals surface area contributed by atoms with Crippen LogP contribution < -0.4 is 32.3 Å². The average molecular weight is 672 g/mol. The van der Waals surface area contributed by atoms with Crippen LogP contribution in [-0.4, -0.2) is 135 Å². The molecule has 0 aliphatic carbocycles. The molecule has 2 aliphatic rings. The van der Waals surface area contributed by atoms with Crippen LogP contribution in [0.2, 0.25) is 0 Å². The van der Waals surface area contributed by atoms with Gasteiger partial charge in [0.1, 0.15) is 30.2 Å². The molecule has 11 N–H and O–H groups in total. The predicted molar refractivity (Wildman–Crippen MR) is 164 cm³/mol. The number of aliphatic hydroxyl groups is 2. The van der Waals surface area contributed by atoms with Crippen LogP contribution in [-0.2, 0) is 33.6 Å². The lowest BCUT2D eigenvalue weighted by atomic mass is 10.0. The SMILES string of the molecule is C[C@@H](O)[C@H](NC(=O)[C@@H]1CCCN1)C(=O)N[C@H](C(=O)N[C@@H](CCCCN)C(=O)N[C@@H](CCC(=O)O)C(=O)N1CCC[C@H]1C(=O)O)[C@@H](C)O. The molecule has 0 spiro atoms. The van der Waals surface area contributed by atoms with Gasteiger partial charge in [-0.05, 0) is 78.3 Å². The van der Waals surface area contributed by atoms with E-state index in [0.717, 1.165) is 11.3 Å². The number of carbonyl (C=O) groups excluding carboxylic acids is 5. The molecule has 47 heavy (non-hydrogen) atoms. The highest BCUT2D eigenvalue weighted by Crippen LogP contribution is 2.20. The fraction of sp³-hybridized carbons (Fsp3) is 0.759. The van der Waals surface area contributed by atoms with Gasteiger partial charge in [-0.25, -0.2) is 4.79 Å². The zero-order valence-corrected chi connectivity index (χ0v) is 26.8. The highest BCUT2D eigenvalue weighted by Gasteiger charge is 2.39. The highest BCUT2D eigenvalue weighted by molar-refractivity contribution is 5.97. The number of aliphatic hydroxyl groups excluding tert-OH is 2. The van der Waals surface area contributed by atoms with Crippen molar-refractivity contribution in [2.75, 3.05) is 19.6 Å². The van der Waals surface area contributed by atoms with Gasteiger partial charge in [-0.3, -0.25) is 28.8 Å². The minimum absolute atomic E-state index is 0.0112. The fourth-order valence-corrected chi connectivity index (χ4v) is 5.52. The number of nitrogens with one attached hydrogen (secondary N) is 5. The lowest BCUT2D eigenvalue weighted by Crippen LogP contribution is -2.62. The number of hydrogen-bond donors (Lipinski definition) is 10. The molecule has 2 saturated heterocycles. The first-order chi connectivity index (χ1) is 22.2. The summed E-state index contributed by atoms with van der Waals surface area (Å²) >= 11 is 0. The number of unbranched alkanes of at least 4 members (excludes halogenated alkanes) is 1. The molecule has 2 aliphatic heterocycles. The van der Waals surface area contributed by atoms with Crippen LogP contribution in [0.25, 0.3) is 0 Å². The summed E-state index contributed by atoms with van der Waals surface area (Å²) in [7, 11) is 0. The van der Waals surface area contributed by atoms with E-state index in [1.807, 2.05) is 0 Å². The molecule has 18 nitrogen and oxygen atoms in total. The smallest absolute Gasteiger partial charge is 0.326 e. The summed E-state index contributed by atoms with van der Waals surface area (Å²) in [6, 6.07) is -7.54. The number of amides is 5. The van der Waals surface area contributed by atoms with Gasteiger partial charge in [-0.15, -0.1) is 0 Å². The molecule has 5 amide bonds. The van der Waals surface area contributed by atoms with E-state index in [9.17, 15) is 54.0 Å². The molecule has 18 heteroatoms. The van der Waals surface area contributed by atoms with E-state index in [0.29, 0.717) is 32.2 Å². The van der Waals surface area contributed by atoms with E-state index >= 15 is 0 Å². The van der Waals surface area contributed by atoms with Crippen LogP contribution in [0.15, 0.2) is 0 Å². The standard InChI is InChI=1S/C29H49N7O11/c1-15(37)22(35-27(44)23(16(2)38)34-24(41)17-8-5-13-31-17)26(43)32-18(7-3-4-12-30)25(42)33-19(10-11-21(39)40)28(45)36-14-6-9-20(36)29(46)47/h15-20,22-23,31,37-38H,3-14,30H2,1-2H3,(H,32,43)(H,33,42)(H,34,41)(H,35,44)(H,39,40)(H,46,47)/t15-,16-,17+,18+,19+,20+,22+,23+/m1/s1. The second-order valence-corrected chi connectivity index (χ2v) is 12.0. The molecule has 0 bridgehead atoms. The van der Waals surface area contributed by atoms with Crippen molar-refractivity contribution in [3.63, 3.8) is 0 Å². The van der Waals surface area contributed by atoms with Crippen molar-refractivity contribution in [1.82, 2.24) is 31.5 Å². The predicted octanol–water partition coefficient (Wildman–Crippen LogP) is -3.49. The van der Waals surface area contributed by atoms with E-state index < -0.39 is 96.4 Å². The molecular formula is C29H49N7O11. The van der Waals surface area contributed by atoms with E-state index in [-0.39, 0.29) is 32.4 Å². The molecule has 8 atom stereocenters. The number of nitrogens with two attached hydrogens (primary N) is 1. The fourth-order valence-electron chi connectivity index (χ4n) is 5.52. The minimum atomic E-state index is -1.64. The van der Waals surface area contributed by atoms with Gasteiger partial charge >= 0.3 is 11.9 Å². The molecule has 2 heterocycles. The van der Waals surface area contributed by atoms with Gasteiger partial charge < -0.3 is 57.6 Å². The summed E-state index contributed by atoms with van der Waals surface area (Å²) in [4.78, 5) is 90.0. The van der Waals surface area contributed by atoms with Gasteiger partial charge in [0.2, 0.25) is 29.5 Å². The quantitative estimate of drug-likeness (QED) is 0.0598. The zero-order chi connectivity index (χ0) is 35.3. The van der Waals surface area contributed by atoms with Crippen molar-refractivity contribution in [3.05, 3.63) is 0 Å². The van der Waals surface area contributed by atoms with Gasteiger partial charge in [0, 0.05) is 13.0 Å². The lowest BCUT2D eigenvalue weighted by Gasteiger charge is -2.30. The number of carboxylic acids is 2. The molecule has 0 aromatic carbocycles. The second kappa shape index (κ2) is 19.1. The number of carboxylic acid groups (broad SMARTS) is 2. The molecule has 0 radical (unpaired) electrons. The Morgan fingerprint density at radius 2 is 1.43 bits per heavy atom. The largest absolute Gasteiger partial charge is 0.481 e. The Hall–Kier alpha value is -3.87. The van der Waals surface area contributed by atoms with Crippen molar-refractivity contribution in [1.29, 1.82) is 0 Å². The van der Waals surface area contributed by atoms with Crippen LogP contribution in [0.5, 0.6) is 0 Å². The summed E-state index contributed by atoms with van der Waals surface area (Å²) in [5, 5.41) is 52.0. The van der Waals surface area contributed by atoms with Crippen LogP contribution in [0, 0.1) is 0 Å². The Kier molecular flexibility index (Phi) is 16.0. The Balaban J connectivity index is 2.22. The summed E-state index contributed by atoms with van der Waals surface area (Å²) in [5.74, 6) is -6.60. The Labute approximate surface area is 272 Å². The maximum atomic E-state index is 13.5. The molecule has 0 unspecified atom stereocenters. The second-order valence-electron chi connectivity index (χ2n) is 12.0. The van der Waals surface area contributed by atoms with Gasteiger partial charge in [0.15, 0.2) is 0 Å². The Bertz CT molecular complexity index is 1130. The third-order valence-corrected chi connectivity index (χ3v) is 8.16. The summed E-state index contributed by atoms with van der Waals surface area (Å²) < 4.78 is 0. The lowest BCUT2D eigenvalue weighted by molar-refractivity contribution is -0.150. The molecule has 2 rings (SSSR count). The zero-order valence-electron chi connectivity index (χ0n) is 26.8. The maximum Gasteiger partial charge on any atom is 0.326 e. The topological polar surface area (TPSA) is 290 Å². The number of nitrogens with zero attached hydrogens (tertiary/aromatic N) is 1. The van der Waals surface area contributed by atoms with Crippen LogP contribution in [0.3, 0.4) is 0 Å². The molecule has 0 aromatic heterocycles. The first kappa shape index (κ1) is 39.3. The molecule has 0 aromatic rings. The van der Waals surface area contributed by atoms with E-state index in [1.165, 1.54) is 13.8 Å². The van der Waals surface area contributed by atoms with Crippen LogP contribution in [0.1, 0.15) is 71.6 Å². The van der Waals surface area contributed by atoms with Crippen LogP contribution >= 0.6 is 0 Å². The van der Waals surface area contributed by atoms with Crippen molar-refractivity contribution in [3.8, 4) is 0 Å². The summed E-state index contributed by atoms with van der Waals surface area (Å²) in [6.45, 7) is 3.46. The number of carbonyl (C=O) groups is 7. The van der Waals surface area contributed by atoms with Crippen molar-refractivity contribution < 1.29 is 54.0 Å². The van der Waals surface area contributed by atoms with Gasteiger partial charge in [-0.2, -0.15) is 0 Å². The first-order valence-electron chi connectivity index (χ1n) is 15.9. The van der Waals surface area contributed by atoms with Crippen LogP contribution in [0.4, 0.5) is 0 Å². The molecule has 266 valence electrons. The summed E-state index contributed by atoms with van der Waals surface area (Å²) in [5.41, 5.74) is 5.58. The van der Waals surface area contributed by atoms with E-state index in [1.54, 1.807) is 0 Å². The highest BCUT2D eigenvalue weighted by atomic mass is 16.4. The Morgan fingerprint density at radius 1 is 0.809 bits per heavy atom. The maximum absolute atomic E-state index is 13.5. The first-order valence-corrected chi connectivity index (χ1v) is 15.9. The molecule has 2 fully saturated rings. The van der Waals surface area contributed by atoms with Crippen molar-refractivity contribution in [2.24, 2.45) is 5.73 Å². The third kappa shape index (κ3) is 12.0. The average Bonchev–Trinajstić information content (AvgIpc) is 3.72. The van der Waals surface area contributed by atoms with E-state index in [2.05, 4.69) is 26.6 Å². The van der Waals surface area contributed by atoms with Gasteiger partial charge in [0.05, 0.1) is 18.2 Å². The van der Waals surface area contributed by atoms with E-state index in [4.69, 9.17) is 5.73 Å². The molecular weight excluding hydrogens is 622 g/mol. The summed E-state index contributed by atoms with van der Waals surface area (Å²) in [6.07, 6.45) is -1.03. The van der Waals surface area contributed by atoms with Crippen molar-refractivity contribution in [2.45, 2.75) is 120 Å². The van der Waals surface area contributed by atoms with Gasteiger partial charge in [-0.1, -0.05) is 0 Å². The number of rotatable bonds is 19. The normalized spacial score (nSPS) is 21.4. The number of aliphatic carboxylic acids is 2. The third-order valence-electron chi connectivity index (χ3n) is 8.16. The molecule has 0 saturated carbocycles.